The minimum atomic E-state index is 0.604. The van der Waals surface area contributed by atoms with Crippen LogP contribution >= 0.6 is 0 Å². The number of para-hydroxylation sites is 1. The summed E-state index contributed by atoms with van der Waals surface area (Å²) in [5.74, 6) is 1.54. The summed E-state index contributed by atoms with van der Waals surface area (Å²) >= 11 is 0. The first-order valence-electron chi connectivity index (χ1n) is 6.84. The predicted molar refractivity (Wildman–Crippen MR) is 81.0 cm³/mol. The molecule has 3 heteroatoms. The molecule has 19 heavy (non-hydrogen) atoms. The summed E-state index contributed by atoms with van der Waals surface area (Å²) in [7, 11) is 0. The van der Waals surface area contributed by atoms with Crippen LogP contribution in [0.15, 0.2) is 24.4 Å². The summed E-state index contributed by atoms with van der Waals surface area (Å²) in [6, 6.07) is 6.33. The summed E-state index contributed by atoms with van der Waals surface area (Å²) in [6.07, 6.45) is 2.11. The molecule has 0 atom stereocenters. The van der Waals surface area contributed by atoms with Crippen molar-refractivity contribution in [3.63, 3.8) is 0 Å². The Hall–Kier alpha value is -1.77. The molecule has 0 spiro atoms. The third-order valence-electron chi connectivity index (χ3n) is 3.18. The van der Waals surface area contributed by atoms with Gasteiger partial charge in [-0.1, -0.05) is 32.0 Å². The van der Waals surface area contributed by atoms with E-state index in [4.69, 9.17) is 0 Å². The van der Waals surface area contributed by atoms with Crippen LogP contribution in [0.3, 0.4) is 0 Å². The average Bonchev–Trinajstić information content (AvgIpc) is 2.63. The lowest BCUT2D eigenvalue weighted by Crippen LogP contribution is -2.08. The van der Waals surface area contributed by atoms with Crippen LogP contribution in [-0.4, -0.2) is 9.55 Å². The Bertz CT molecular complexity index is 547. The maximum absolute atomic E-state index is 4.59. The standard InChI is InChI=1S/C16H23N3/c1-11(2)9-19-10-14(5)17-16(19)18-15-12(3)7-6-8-13(15)4/h6-8,10-11H,9H2,1-5H3,(H,17,18). The van der Waals surface area contributed by atoms with Crippen molar-refractivity contribution in [3.8, 4) is 0 Å². The van der Waals surface area contributed by atoms with E-state index < -0.39 is 0 Å². The van der Waals surface area contributed by atoms with E-state index in [1.165, 1.54) is 11.1 Å². The molecule has 0 aliphatic rings. The predicted octanol–water partition coefficient (Wildman–Crippen LogP) is 4.21. The molecule has 0 bridgehead atoms. The van der Waals surface area contributed by atoms with Crippen molar-refractivity contribution in [2.75, 3.05) is 5.32 Å². The molecule has 0 aliphatic heterocycles. The number of hydrogen-bond donors (Lipinski definition) is 1. The fourth-order valence-corrected chi connectivity index (χ4v) is 2.30. The number of hydrogen-bond acceptors (Lipinski definition) is 2. The van der Waals surface area contributed by atoms with Crippen LogP contribution in [-0.2, 0) is 6.54 Å². The van der Waals surface area contributed by atoms with Gasteiger partial charge in [-0.15, -0.1) is 0 Å². The molecule has 102 valence electrons. The van der Waals surface area contributed by atoms with Crippen LogP contribution in [0, 0.1) is 26.7 Å². The molecule has 1 aromatic heterocycles. The molecule has 0 saturated heterocycles. The quantitative estimate of drug-likeness (QED) is 0.889. The zero-order chi connectivity index (χ0) is 14.0. The third-order valence-corrected chi connectivity index (χ3v) is 3.18. The van der Waals surface area contributed by atoms with Crippen LogP contribution in [0.2, 0.25) is 0 Å². The lowest BCUT2D eigenvalue weighted by atomic mass is 10.1. The van der Waals surface area contributed by atoms with Crippen molar-refractivity contribution in [1.82, 2.24) is 9.55 Å². The summed E-state index contributed by atoms with van der Waals surface area (Å²) in [5, 5.41) is 3.49. The number of imidazole rings is 1. The Morgan fingerprint density at radius 3 is 2.37 bits per heavy atom. The van der Waals surface area contributed by atoms with E-state index in [0.29, 0.717) is 5.92 Å². The zero-order valence-corrected chi connectivity index (χ0v) is 12.5. The summed E-state index contributed by atoms with van der Waals surface area (Å²) in [5.41, 5.74) is 4.71. The highest BCUT2D eigenvalue weighted by Gasteiger charge is 2.10. The van der Waals surface area contributed by atoms with E-state index in [9.17, 15) is 0 Å². The number of benzene rings is 1. The van der Waals surface area contributed by atoms with E-state index in [2.05, 4.69) is 67.0 Å². The SMILES string of the molecule is Cc1cn(CC(C)C)c(Nc2c(C)cccc2C)n1. The van der Waals surface area contributed by atoms with E-state index in [0.717, 1.165) is 23.9 Å². The Kier molecular flexibility index (Phi) is 3.93. The average molecular weight is 257 g/mol. The molecule has 0 saturated carbocycles. The van der Waals surface area contributed by atoms with Gasteiger partial charge in [-0.25, -0.2) is 4.98 Å². The van der Waals surface area contributed by atoms with E-state index >= 15 is 0 Å². The zero-order valence-electron chi connectivity index (χ0n) is 12.5. The van der Waals surface area contributed by atoms with Crippen LogP contribution in [0.25, 0.3) is 0 Å². The highest BCUT2D eigenvalue weighted by molar-refractivity contribution is 5.63. The molecule has 1 heterocycles. The van der Waals surface area contributed by atoms with Crippen molar-refractivity contribution in [2.45, 2.75) is 41.2 Å². The van der Waals surface area contributed by atoms with Crippen molar-refractivity contribution in [2.24, 2.45) is 5.92 Å². The van der Waals surface area contributed by atoms with Gasteiger partial charge in [-0.05, 0) is 37.8 Å². The summed E-state index contributed by atoms with van der Waals surface area (Å²) in [4.78, 5) is 4.59. The number of nitrogens with one attached hydrogen (secondary N) is 1. The Balaban J connectivity index is 2.33. The van der Waals surface area contributed by atoms with Crippen LogP contribution in [0.4, 0.5) is 11.6 Å². The van der Waals surface area contributed by atoms with E-state index in [1.54, 1.807) is 0 Å². The molecule has 0 unspecified atom stereocenters. The van der Waals surface area contributed by atoms with Crippen molar-refractivity contribution >= 4 is 11.6 Å². The summed E-state index contributed by atoms with van der Waals surface area (Å²) < 4.78 is 2.20. The molecule has 0 radical (unpaired) electrons. The van der Waals surface area contributed by atoms with Gasteiger partial charge in [0, 0.05) is 18.4 Å². The fourth-order valence-electron chi connectivity index (χ4n) is 2.30. The van der Waals surface area contributed by atoms with Gasteiger partial charge in [0.2, 0.25) is 5.95 Å². The molecule has 2 rings (SSSR count). The van der Waals surface area contributed by atoms with Crippen LogP contribution in [0.5, 0.6) is 0 Å². The molecule has 1 aromatic carbocycles. The number of nitrogens with zero attached hydrogens (tertiary/aromatic N) is 2. The maximum atomic E-state index is 4.59. The van der Waals surface area contributed by atoms with Gasteiger partial charge in [0.25, 0.3) is 0 Å². The van der Waals surface area contributed by atoms with Crippen molar-refractivity contribution < 1.29 is 0 Å². The second-order valence-electron chi connectivity index (χ2n) is 5.64. The minimum absolute atomic E-state index is 0.604. The molecule has 3 nitrogen and oxygen atoms in total. The van der Waals surface area contributed by atoms with Gasteiger partial charge in [0.1, 0.15) is 0 Å². The molecule has 0 amide bonds. The topological polar surface area (TPSA) is 29.9 Å². The van der Waals surface area contributed by atoms with Crippen molar-refractivity contribution in [1.29, 1.82) is 0 Å². The molecular weight excluding hydrogens is 234 g/mol. The fraction of sp³-hybridized carbons (Fsp3) is 0.438. The van der Waals surface area contributed by atoms with Gasteiger partial charge in [-0.3, -0.25) is 0 Å². The third kappa shape index (κ3) is 3.16. The van der Waals surface area contributed by atoms with E-state index in [1.807, 2.05) is 6.92 Å². The molecule has 1 N–H and O–H groups in total. The van der Waals surface area contributed by atoms with Crippen LogP contribution in [0.1, 0.15) is 30.7 Å². The van der Waals surface area contributed by atoms with Gasteiger partial charge in [0.05, 0.1) is 5.69 Å². The minimum Gasteiger partial charge on any atom is -0.325 e. The first kappa shape index (κ1) is 13.7. The van der Waals surface area contributed by atoms with Crippen LogP contribution < -0.4 is 5.32 Å². The maximum Gasteiger partial charge on any atom is 0.207 e. The highest BCUT2D eigenvalue weighted by atomic mass is 15.2. The molecule has 0 aliphatic carbocycles. The second kappa shape index (κ2) is 5.47. The molecular formula is C16H23N3. The number of aromatic nitrogens is 2. The number of anilines is 2. The summed E-state index contributed by atoms with van der Waals surface area (Å²) in [6.45, 7) is 11.7. The number of rotatable bonds is 4. The van der Waals surface area contributed by atoms with Gasteiger partial charge >= 0.3 is 0 Å². The Morgan fingerprint density at radius 2 is 1.79 bits per heavy atom. The van der Waals surface area contributed by atoms with Crippen molar-refractivity contribution in [3.05, 3.63) is 41.2 Å². The smallest absolute Gasteiger partial charge is 0.207 e. The van der Waals surface area contributed by atoms with Gasteiger partial charge in [-0.2, -0.15) is 0 Å². The Labute approximate surface area is 115 Å². The van der Waals surface area contributed by atoms with Gasteiger partial charge in [0.15, 0.2) is 0 Å². The van der Waals surface area contributed by atoms with Gasteiger partial charge < -0.3 is 9.88 Å². The lowest BCUT2D eigenvalue weighted by molar-refractivity contribution is 0.527. The monoisotopic (exact) mass is 257 g/mol. The normalized spacial score (nSPS) is 11.1. The first-order chi connectivity index (χ1) is 8.97. The first-order valence-corrected chi connectivity index (χ1v) is 6.84. The van der Waals surface area contributed by atoms with E-state index in [-0.39, 0.29) is 0 Å². The second-order valence-corrected chi connectivity index (χ2v) is 5.64. The number of aryl methyl sites for hydroxylation is 3. The Morgan fingerprint density at radius 1 is 1.16 bits per heavy atom. The largest absolute Gasteiger partial charge is 0.325 e. The lowest BCUT2D eigenvalue weighted by Gasteiger charge is -2.15. The highest BCUT2D eigenvalue weighted by Crippen LogP contribution is 2.24. The molecule has 2 aromatic rings. The molecule has 0 fully saturated rings.